The van der Waals surface area contributed by atoms with Crippen LogP contribution >= 0.6 is 0 Å². The number of carbonyl (C=O) groups excluding carboxylic acids is 3. The Balaban J connectivity index is 1.82. The predicted molar refractivity (Wildman–Crippen MR) is 90.1 cm³/mol. The van der Waals surface area contributed by atoms with Crippen LogP contribution in [0.3, 0.4) is 0 Å². The van der Waals surface area contributed by atoms with Crippen molar-refractivity contribution < 1.29 is 19.1 Å². The first-order chi connectivity index (χ1) is 11.8. The number of urea groups is 1. The summed E-state index contributed by atoms with van der Waals surface area (Å²) >= 11 is 0. The second kappa shape index (κ2) is 8.00. The van der Waals surface area contributed by atoms with Gasteiger partial charge in [-0.25, -0.2) is 14.6 Å². The van der Waals surface area contributed by atoms with Crippen molar-refractivity contribution in [2.45, 2.75) is 20.8 Å². The number of hydrogen-bond acceptors (Lipinski definition) is 6. The highest BCUT2D eigenvalue weighted by Gasteiger charge is 2.14. The van der Waals surface area contributed by atoms with Crippen molar-refractivity contribution in [1.82, 2.24) is 15.3 Å². The van der Waals surface area contributed by atoms with Gasteiger partial charge >= 0.3 is 12.0 Å². The molecule has 0 aliphatic rings. The number of benzene rings is 1. The average Bonchev–Trinajstić information content (AvgIpc) is 2.56. The SMILES string of the molecule is Cc1ccc(NC(=O)NC(=O)COC(=O)c2cnc(C)cn2)c(C)c1. The zero-order valence-corrected chi connectivity index (χ0v) is 14.1. The molecule has 0 spiro atoms. The van der Waals surface area contributed by atoms with Gasteiger partial charge in [-0.2, -0.15) is 0 Å². The van der Waals surface area contributed by atoms with Gasteiger partial charge < -0.3 is 10.1 Å². The number of esters is 1. The molecule has 0 saturated heterocycles. The topological polar surface area (TPSA) is 110 Å². The number of anilines is 1. The summed E-state index contributed by atoms with van der Waals surface area (Å²) in [6.45, 7) is 4.90. The molecule has 8 heteroatoms. The minimum Gasteiger partial charge on any atom is -0.451 e. The maximum absolute atomic E-state index is 11.8. The Morgan fingerprint density at radius 3 is 2.48 bits per heavy atom. The summed E-state index contributed by atoms with van der Waals surface area (Å²) in [7, 11) is 0. The lowest BCUT2D eigenvalue weighted by Gasteiger charge is -2.10. The molecule has 0 aliphatic carbocycles. The van der Waals surface area contributed by atoms with Gasteiger partial charge in [0.2, 0.25) is 0 Å². The van der Waals surface area contributed by atoms with Crippen molar-refractivity contribution in [2.24, 2.45) is 0 Å². The van der Waals surface area contributed by atoms with Crippen molar-refractivity contribution >= 4 is 23.6 Å². The lowest BCUT2D eigenvalue weighted by atomic mass is 10.1. The summed E-state index contributed by atoms with van der Waals surface area (Å²) in [5.74, 6) is -1.55. The van der Waals surface area contributed by atoms with Crippen LogP contribution in [0.1, 0.15) is 27.3 Å². The zero-order valence-electron chi connectivity index (χ0n) is 14.1. The molecule has 1 aromatic heterocycles. The lowest BCUT2D eigenvalue weighted by Crippen LogP contribution is -2.37. The second-order valence-electron chi connectivity index (χ2n) is 5.44. The van der Waals surface area contributed by atoms with Crippen LogP contribution in [-0.2, 0) is 9.53 Å². The van der Waals surface area contributed by atoms with Gasteiger partial charge in [-0.1, -0.05) is 17.7 Å². The molecule has 130 valence electrons. The van der Waals surface area contributed by atoms with E-state index in [0.717, 1.165) is 11.1 Å². The van der Waals surface area contributed by atoms with Crippen molar-refractivity contribution in [3.05, 3.63) is 53.1 Å². The van der Waals surface area contributed by atoms with Gasteiger partial charge in [-0.3, -0.25) is 15.1 Å². The smallest absolute Gasteiger partial charge is 0.359 e. The summed E-state index contributed by atoms with van der Waals surface area (Å²) in [6, 6.07) is 4.78. The summed E-state index contributed by atoms with van der Waals surface area (Å²) < 4.78 is 4.79. The Hall–Kier alpha value is -3.29. The van der Waals surface area contributed by atoms with Crippen LogP contribution in [0.4, 0.5) is 10.5 Å². The molecule has 2 N–H and O–H groups in total. The van der Waals surface area contributed by atoms with E-state index in [1.165, 1.54) is 12.4 Å². The average molecular weight is 342 g/mol. The van der Waals surface area contributed by atoms with Crippen LogP contribution < -0.4 is 10.6 Å². The predicted octanol–water partition coefficient (Wildman–Crippen LogP) is 1.91. The molecular formula is C17H18N4O4. The molecule has 2 rings (SSSR count). The number of nitrogens with zero attached hydrogens (tertiary/aromatic N) is 2. The molecule has 3 amide bonds. The monoisotopic (exact) mass is 342 g/mol. The summed E-state index contributed by atoms with van der Waals surface area (Å²) in [5.41, 5.74) is 3.15. The Morgan fingerprint density at radius 1 is 1.08 bits per heavy atom. The number of aromatic nitrogens is 2. The van der Waals surface area contributed by atoms with Gasteiger partial charge in [0.05, 0.1) is 11.9 Å². The van der Waals surface area contributed by atoms with Crippen LogP contribution in [0, 0.1) is 20.8 Å². The first-order valence-corrected chi connectivity index (χ1v) is 7.49. The molecule has 0 unspecified atom stereocenters. The van der Waals surface area contributed by atoms with Gasteiger partial charge in [-0.05, 0) is 32.4 Å². The number of aryl methyl sites for hydroxylation is 3. The number of rotatable bonds is 4. The van der Waals surface area contributed by atoms with E-state index < -0.39 is 24.5 Å². The molecule has 0 bridgehead atoms. The molecule has 0 aliphatic heterocycles. The molecule has 0 radical (unpaired) electrons. The van der Waals surface area contributed by atoms with Crippen molar-refractivity contribution in [3.8, 4) is 0 Å². The minimum absolute atomic E-state index is 0.0156. The Kier molecular flexibility index (Phi) is 5.78. The summed E-state index contributed by atoms with van der Waals surface area (Å²) in [5, 5.41) is 4.64. The fraction of sp³-hybridized carbons (Fsp3) is 0.235. The third-order valence-corrected chi connectivity index (χ3v) is 3.21. The molecule has 0 saturated carbocycles. The van der Waals surface area contributed by atoms with E-state index in [0.29, 0.717) is 11.4 Å². The number of hydrogen-bond donors (Lipinski definition) is 2. The van der Waals surface area contributed by atoms with Gasteiger partial charge in [-0.15, -0.1) is 0 Å². The van der Waals surface area contributed by atoms with E-state index in [1.807, 2.05) is 26.0 Å². The van der Waals surface area contributed by atoms with E-state index >= 15 is 0 Å². The van der Waals surface area contributed by atoms with E-state index in [1.54, 1.807) is 13.0 Å². The van der Waals surface area contributed by atoms with Crippen LogP contribution in [0.25, 0.3) is 0 Å². The number of carbonyl (C=O) groups is 3. The van der Waals surface area contributed by atoms with Crippen molar-refractivity contribution in [2.75, 3.05) is 11.9 Å². The third-order valence-electron chi connectivity index (χ3n) is 3.21. The number of imide groups is 1. The fourth-order valence-corrected chi connectivity index (χ4v) is 1.97. The summed E-state index contributed by atoms with van der Waals surface area (Å²) in [6.07, 6.45) is 2.66. The van der Waals surface area contributed by atoms with Crippen LogP contribution in [-0.4, -0.2) is 34.5 Å². The quantitative estimate of drug-likeness (QED) is 0.821. The van der Waals surface area contributed by atoms with E-state index in [-0.39, 0.29) is 5.69 Å². The van der Waals surface area contributed by atoms with E-state index in [4.69, 9.17) is 4.74 Å². The number of amides is 3. The second-order valence-corrected chi connectivity index (χ2v) is 5.44. The molecule has 0 atom stereocenters. The molecule has 2 aromatic rings. The third kappa shape index (κ3) is 5.38. The minimum atomic E-state index is -0.794. The Labute approximate surface area is 144 Å². The maximum atomic E-state index is 11.8. The zero-order chi connectivity index (χ0) is 18.4. The van der Waals surface area contributed by atoms with Gasteiger partial charge in [0, 0.05) is 11.9 Å². The van der Waals surface area contributed by atoms with Crippen molar-refractivity contribution in [1.29, 1.82) is 0 Å². The van der Waals surface area contributed by atoms with Gasteiger partial charge in [0.25, 0.3) is 5.91 Å². The molecule has 1 aromatic carbocycles. The first kappa shape index (κ1) is 18.1. The maximum Gasteiger partial charge on any atom is 0.359 e. The lowest BCUT2D eigenvalue weighted by molar-refractivity contribution is -0.123. The number of ether oxygens (including phenoxy) is 1. The molecule has 8 nitrogen and oxygen atoms in total. The standard InChI is InChI=1S/C17H18N4O4/c1-10-4-5-13(11(2)6-10)20-17(24)21-15(22)9-25-16(23)14-8-18-12(3)7-19-14/h4-8H,9H2,1-3H3,(H2,20,21,22,24). The van der Waals surface area contributed by atoms with E-state index in [9.17, 15) is 14.4 Å². The number of nitrogens with one attached hydrogen (secondary N) is 2. The Bertz CT molecular complexity index is 803. The van der Waals surface area contributed by atoms with Crippen molar-refractivity contribution in [3.63, 3.8) is 0 Å². The van der Waals surface area contributed by atoms with Crippen LogP contribution in [0.2, 0.25) is 0 Å². The largest absolute Gasteiger partial charge is 0.451 e. The molecule has 25 heavy (non-hydrogen) atoms. The molecular weight excluding hydrogens is 324 g/mol. The normalized spacial score (nSPS) is 10.0. The highest BCUT2D eigenvalue weighted by atomic mass is 16.5. The van der Waals surface area contributed by atoms with Gasteiger partial charge in [0.15, 0.2) is 12.3 Å². The fourth-order valence-electron chi connectivity index (χ4n) is 1.97. The van der Waals surface area contributed by atoms with E-state index in [2.05, 4.69) is 20.6 Å². The summed E-state index contributed by atoms with van der Waals surface area (Å²) in [4.78, 5) is 43.0. The highest BCUT2D eigenvalue weighted by Crippen LogP contribution is 2.15. The highest BCUT2D eigenvalue weighted by molar-refractivity contribution is 6.02. The first-order valence-electron chi connectivity index (χ1n) is 7.49. The Morgan fingerprint density at radius 2 is 1.84 bits per heavy atom. The van der Waals surface area contributed by atoms with Crippen LogP contribution in [0.5, 0.6) is 0 Å². The van der Waals surface area contributed by atoms with Crippen LogP contribution in [0.15, 0.2) is 30.6 Å². The molecule has 1 heterocycles. The molecule has 0 fully saturated rings. The van der Waals surface area contributed by atoms with Gasteiger partial charge in [0.1, 0.15) is 0 Å².